The summed E-state index contributed by atoms with van der Waals surface area (Å²) < 4.78 is 1.63. The molecule has 0 amide bonds. The molecule has 0 heterocycles. The summed E-state index contributed by atoms with van der Waals surface area (Å²) in [4.78, 5) is 0. The quantitative estimate of drug-likeness (QED) is 0.426. The zero-order valence-corrected chi connectivity index (χ0v) is 18.7. The molecular weight excluding hydrogens is 386 g/mol. The molecule has 22 heavy (non-hydrogen) atoms. The molecule has 1 aromatic carbocycles. The average molecular weight is 410 g/mol. The van der Waals surface area contributed by atoms with Gasteiger partial charge in [-0.2, -0.15) is 0 Å². The topological polar surface area (TPSA) is 0 Å². The van der Waals surface area contributed by atoms with Crippen molar-refractivity contribution in [2.75, 3.05) is 0 Å². The Kier molecular flexibility index (Phi) is 13.4. The largest absolute Gasteiger partial charge is 1.00 e. The molecule has 0 aromatic heterocycles. The summed E-state index contributed by atoms with van der Waals surface area (Å²) in [5.41, 5.74) is 3.41. The Hall–Kier alpha value is 0.501. The monoisotopic (exact) mass is 408 g/mol. The van der Waals surface area contributed by atoms with Crippen LogP contribution in [0.25, 0.3) is 0 Å². The van der Waals surface area contributed by atoms with Crippen molar-refractivity contribution < 1.29 is 57.7 Å². The van der Waals surface area contributed by atoms with Crippen LogP contribution < -0.4 is 42.4 Å². The summed E-state index contributed by atoms with van der Waals surface area (Å²) in [6.45, 7) is 7.00. The third kappa shape index (κ3) is 6.19. The fourth-order valence-electron chi connectivity index (χ4n) is 3.02. The van der Waals surface area contributed by atoms with Crippen molar-refractivity contribution in [2.24, 2.45) is 5.92 Å². The number of hydrogen-bond donors (Lipinski definition) is 0. The normalized spacial score (nSPS) is 14.3. The van der Waals surface area contributed by atoms with Crippen LogP contribution in [0.5, 0.6) is 0 Å². The number of benzene rings is 1. The number of halogens is 3. The SMILES string of the molecule is CCCC1=C(C(C)C)[C]([Ti+3])=C([SiH2]c2ccccc2)C1.[Cl-].[Cl-].[Cl-]. The molecule has 0 radical (unpaired) electrons. The van der Waals surface area contributed by atoms with Gasteiger partial charge in [0.1, 0.15) is 0 Å². The van der Waals surface area contributed by atoms with Gasteiger partial charge in [-0.15, -0.1) is 0 Å². The van der Waals surface area contributed by atoms with Crippen LogP contribution in [0.1, 0.15) is 40.0 Å². The first-order valence-electron chi connectivity index (χ1n) is 7.33. The Bertz CT molecular complexity index is 510. The van der Waals surface area contributed by atoms with Gasteiger partial charge < -0.3 is 37.2 Å². The predicted octanol–water partition coefficient (Wildman–Crippen LogP) is -5.59. The molecule has 2 rings (SSSR count). The van der Waals surface area contributed by atoms with E-state index in [9.17, 15) is 0 Å². The van der Waals surface area contributed by atoms with Gasteiger partial charge in [0.05, 0.1) is 0 Å². The molecule has 0 saturated carbocycles. The second kappa shape index (κ2) is 11.9. The molecule has 0 fully saturated rings. The van der Waals surface area contributed by atoms with Crippen LogP contribution in [0, 0.1) is 5.92 Å². The van der Waals surface area contributed by atoms with Crippen LogP contribution >= 0.6 is 0 Å². The van der Waals surface area contributed by atoms with Crippen molar-refractivity contribution in [2.45, 2.75) is 40.0 Å². The molecule has 120 valence electrons. The molecule has 0 nitrogen and oxygen atoms in total. The minimum Gasteiger partial charge on any atom is -1.00 e. The Morgan fingerprint density at radius 1 is 1.09 bits per heavy atom. The molecule has 0 unspecified atom stereocenters. The van der Waals surface area contributed by atoms with E-state index in [1.165, 1.54) is 19.3 Å². The third-order valence-electron chi connectivity index (χ3n) is 3.82. The van der Waals surface area contributed by atoms with Gasteiger partial charge in [0.2, 0.25) is 0 Å². The van der Waals surface area contributed by atoms with E-state index in [2.05, 4.69) is 71.5 Å². The van der Waals surface area contributed by atoms with E-state index in [4.69, 9.17) is 0 Å². The van der Waals surface area contributed by atoms with Crippen LogP contribution in [0.3, 0.4) is 0 Å². The van der Waals surface area contributed by atoms with Crippen molar-refractivity contribution in [1.82, 2.24) is 0 Å². The van der Waals surface area contributed by atoms with E-state index in [-0.39, 0.29) is 46.7 Å². The Balaban J connectivity index is 0. The molecule has 0 spiro atoms. The summed E-state index contributed by atoms with van der Waals surface area (Å²) >= 11 is 2.36. The van der Waals surface area contributed by atoms with E-state index >= 15 is 0 Å². The standard InChI is InChI=1S/C17H23Si.3ClH.Ti/c1-4-8-14-11-16(12-17(14)13(2)3)18-15-9-6-5-7-10-15;;;;/h5-7,9-10,13H,4,8,11,18H2,1-3H3;3*1H;/q;;;;+3/p-3. The van der Waals surface area contributed by atoms with Gasteiger partial charge in [-0.1, -0.05) is 0 Å². The van der Waals surface area contributed by atoms with Crippen LogP contribution in [0.15, 0.2) is 50.6 Å². The molecule has 1 aliphatic carbocycles. The van der Waals surface area contributed by atoms with Crippen LogP contribution in [-0.4, -0.2) is 9.52 Å². The van der Waals surface area contributed by atoms with E-state index in [0.717, 1.165) is 0 Å². The minimum atomic E-state index is -0.257. The summed E-state index contributed by atoms with van der Waals surface area (Å²) in [5.74, 6) is 0.684. The first kappa shape index (κ1) is 24.7. The first-order valence-corrected chi connectivity index (χ1v) is 9.52. The number of rotatable bonds is 5. The zero-order chi connectivity index (χ0) is 13.8. The fourth-order valence-corrected chi connectivity index (χ4v) is 6.10. The maximum absolute atomic E-state index is 2.36. The fraction of sp³-hybridized carbons (Fsp3) is 0.412. The van der Waals surface area contributed by atoms with E-state index in [1.54, 1.807) is 25.4 Å². The van der Waals surface area contributed by atoms with E-state index < -0.39 is 0 Å². The second-order valence-corrected chi connectivity index (χ2v) is 8.54. The molecule has 1 aliphatic rings. The number of allylic oxidation sites excluding steroid dienone is 4. The Labute approximate surface area is 168 Å². The van der Waals surface area contributed by atoms with Crippen molar-refractivity contribution >= 4 is 14.7 Å². The van der Waals surface area contributed by atoms with Crippen molar-refractivity contribution in [3.63, 3.8) is 0 Å². The van der Waals surface area contributed by atoms with Gasteiger partial charge in [0.15, 0.2) is 0 Å². The van der Waals surface area contributed by atoms with Gasteiger partial charge in [0, 0.05) is 0 Å². The maximum atomic E-state index is 2.36. The molecule has 0 aliphatic heterocycles. The summed E-state index contributed by atoms with van der Waals surface area (Å²) in [5, 5.41) is 3.36. The number of hydrogen-bond acceptors (Lipinski definition) is 0. The zero-order valence-electron chi connectivity index (χ0n) is 13.4. The van der Waals surface area contributed by atoms with Crippen molar-refractivity contribution in [3.05, 3.63) is 50.6 Å². The first-order chi connectivity index (χ1) is 9.13. The molecule has 1 aromatic rings. The van der Waals surface area contributed by atoms with Gasteiger partial charge in [-0.25, -0.2) is 0 Å². The van der Waals surface area contributed by atoms with Crippen molar-refractivity contribution in [3.8, 4) is 0 Å². The van der Waals surface area contributed by atoms with Crippen LogP contribution in [0.2, 0.25) is 0 Å². The molecule has 0 bridgehead atoms. The molecular formula is C17H23Cl3SiTi. The van der Waals surface area contributed by atoms with Crippen LogP contribution in [0.4, 0.5) is 0 Å². The van der Waals surface area contributed by atoms with Gasteiger partial charge in [0.25, 0.3) is 0 Å². The average Bonchev–Trinajstić information content (AvgIpc) is 2.68. The second-order valence-electron chi connectivity index (χ2n) is 5.74. The van der Waals surface area contributed by atoms with Gasteiger partial charge >= 0.3 is 132 Å². The van der Waals surface area contributed by atoms with E-state index in [0.29, 0.717) is 5.92 Å². The van der Waals surface area contributed by atoms with Gasteiger partial charge in [-0.3, -0.25) is 0 Å². The molecule has 0 atom stereocenters. The Morgan fingerprint density at radius 3 is 2.18 bits per heavy atom. The molecule has 0 saturated heterocycles. The Morgan fingerprint density at radius 2 is 1.68 bits per heavy atom. The predicted molar refractivity (Wildman–Crippen MR) is 83.0 cm³/mol. The van der Waals surface area contributed by atoms with E-state index in [1.807, 2.05) is 0 Å². The molecule has 5 heteroatoms. The van der Waals surface area contributed by atoms with Crippen molar-refractivity contribution in [1.29, 1.82) is 0 Å². The van der Waals surface area contributed by atoms with Crippen LogP contribution in [-0.2, 0) is 20.4 Å². The summed E-state index contributed by atoms with van der Waals surface area (Å²) in [7, 11) is -0.257. The maximum Gasteiger partial charge on any atom is -1.00 e. The smallest absolute Gasteiger partial charge is 1.00 e. The summed E-state index contributed by atoms with van der Waals surface area (Å²) in [6.07, 6.45) is 3.84. The minimum absolute atomic E-state index is 0. The van der Waals surface area contributed by atoms with Gasteiger partial charge in [-0.05, 0) is 0 Å². The summed E-state index contributed by atoms with van der Waals surface area (Å²) in [6, 6.07) is 11.1. The molecule has 0 N–H and O–H groups in total. The third-order valence-corrected chi connectivity index (χ3v) is 7.25.